The number of hydrogen-bond acceptors (Lipinski definition) is 5. The highest BCUT2D eigenvalue weighted by Gasteiger charge is 2.10. The fraction of sp³-hybridized carbons (Fsp3) is 0.217. The van der Waals surface area contributed by atoms with Gasteiger partial charge in [0.1, 0.15) is 17.2 Å². The summed E-state index contributed by atoms with van der Waals surface area (Å²) in [4.78, 5) is 16.7. The normalized spacial score (nSPS) is 10.5. The minimum Gasteiger partial charge on any atom is -0.497 e. The Kier molecular flexibility index (Phi) is 6.34. The van der Waals surface area contributed by atoms with Crippen molar-refractivity contribution in [2.45, 2.75) is 19.8 Å². The predicted octanol–water partition coefficient (Wildman–Crippen LogP) is 5.22. The Hall–Kier alpha value is -3.54. The molecular weight excluding hydrogens is 366 g/mol. The molecule has 1 heterocycles. The van der Waals surface area contributed by atoms with Crippen molar-refractivity contribution >= 4 is 23.0 Å². The summed E-state index contributed by atoms with van der Waals surface area (Å²) in [6.07, 6.45) is 1.61. The highest BCUT2D eigenvalue weighted by Crippen LogP contribution is 2.31. The van der Waals surface area contributed by atoms with E-state index in [0.717, 1.165) is 17.1 Å². The molecule has 0 saturated heterocycles. The second kappa shape index (κ2) is 9.10. The van der Waals surface area contributed by atoms with Crippen LogP contribution in [0.25, 0.3) is 0 Å². The van der Waals surface area contributed by atoms with E-state index in [9.17, 15) is 4.79 Å². The summed E-state index contributed by atoms with van der Waals surface area (Å²) in [7, 11) is 3.21. The van der Waals surface area contributed by atoms with Crippen LogP contribution in [0.5, 0.6) is 11.5 Å². The monoisotopic (exact) mass is 391 g/mol. The van der Waals surface area contributed by atoms with Crippen LogP contribution >= 0.6 is 0 Å². The van der Waals surface area contributed by atoms with Crippen LogP contribution in [0, 0.1) is 0 Å². The van der Waals surface area contributed by atoms with Gasteiger partial charge in [-0.1, -0.05) is 26.0 Å². The van der Waals surface area contributed by atoms with Crippen molar-refractivity contribution < 1.29 is 14.3 Å². The topological polar surface area (TPSA) is 72.5 Å². The summed E-state index contributed by atoms with van der Waals surface area (Å²) < 4.78 is 10.6. The molecule has 3 rings (SSSR count). The van der Waals surface area contributed by atoms with E-state index in [1.807, 2.05) is 42.5 Å². The van der Waals surface area contributed by atoms with Crippen molar-refractivity contribution in [3.8, 4) is 11.5 Å². The maximum Gasteiger partial charge on any atom is 0.274 e. The van der Waals surface area contributed by atoms with Gasteiger partial charge in [0.05, 0.1) is 31.8 Å². The van der Waals surface area contributed by atoms with E-state index in [0.29, 0.717) is 23.1 Å². The molecule has 0 radical (unpaired) electrons. The van der Waals surface area contributed by atoms with Crippen molar-refractivity contribution in [1.29, 1.82) is 0 Å². The number of pyridine rings is 1. The Balaban J connectivity index is 1.69. The number of nitrogens with zero attached hydrogens (tertiary/aromatic N) is 1. The maximum absolute atomic E-state index is 12.5. The lowest BCUT2D eigenvalue weighted by Gasteiger charge is -2.13. The number of benzene rings is 2. The molecule has 0 saturated carbocycles. The molecule has 0 fully saturated rings. The molecule has 1 amide bonds. The molecule has 6 nitrogen and oxygen atoms in total. The first-order chi connectivity index (χ1) is 14.0. The van der Waals surface area contributed by atoms with Gasteiger partial charge in [-0.3, -0.25) is 4.79 Å². The van der Waals surface area contributed by atoms with Crippen LogP contribution in [0.15, 0.2) is 60.8 Å². The molecular formula is C23H25N3O3. The van der Waals surface area contributed by atoms with Gasteiger partial charge in [0, 0.05) is 11.8 Å². The molecule has 1 aromatic heterocycles. The van der Waals surface area contributed by atoms with Gasteiger partial charge in [0.2, 0.25) is 0 Å². The number of ether oxygens (including phenoxy) is 2. The van der Waals surface area contributed by atoms with Crippen LogP contribution in [0.4, 0.5) is 17.1 Å². The summed E-state index contributed by atoms with van der Waals surface area (Å²) in [5.41, 5.74) is 3.78. The molecule has 0 aliphatic rings. The molecule has 6 heteroatoms. The zero-order valence-electron chi connectivity index (χ0n) is 17.0. The van der Waals surface area contributed by atoms with E-state index in [-0.39, 0.29) is 5.91 Å². The largest absolute Gasteiger partial charge is 0.497 e. The van der Waals surface area contributed by atoms with Gasteiger partial charge < -0.3 is 20.1 Å². The van der Waals surface area contributed by atoms with Crippen molar-refractivity contribution in [1.82, 2.24) is 4.98 Å². The lowest BCUT2D eigenvalue weighted by molar-refractivity contribution is 0.102. The number of rotatable bonds is 7. The second-order valence-corrected chi connectivity index (χ2v) is 6.85. The quantitative estimate of drug-likeness (QED) is 0.578. The molecule has 0 bridgehead atoms. The number of methoxy groups -OCH3 is 2. The van der Waals surface area contributed by atoms with Crippen LogP contribution < -0.4 is 20.1 Å². The number of hydrogen-bond donors (Lipinski definition) is 2. The second-order valence-electron chi connectivity index (χ2n) is 6.85. The minimum atomic E-state index is -0.257. The molecule has 0 aliphatic heterocycles. The van der Waals surface area contributed by atoms with Crippen molar-refractivity contribution in [3.63, 3.8) is 0 Å². The highest BCUT2D eigenvalue weighted by molar-refractivity contribution is 6.03. The SMILES string of the molecule is COc1ccc(OC)c(Nc2ccc(C(=O)Nc3ccc(C(C)C)cc3)nc2)c1. The highest BCUT2D eigenvalue weighted by atomic mass is 16.5. The summed E-state index contributed by atoms with van der Waals surface area (Å²) >= 11 is 0. The number of aromatic nitrogens is 1. The third kappa shape index (κ3) is 5.04. The van der Waals surface area contributed by atoms with E-state index in [1.54, 1.807) is 32.5 Å². The Morgan fingerprint density at radius 1 is 0.931 bits per heavy atom. The Morgan fingerprint density at radius 2 is 1.66 bits per heavy atom. The Bertz CT molecular complexity index is 968. The first kappa shape index (κ1) is 20.2. The lowest BCUT2D eigenvalue weighted by atomic mass is 10.0. The lowest BCUT2D eigenvalue weighted by Crippen LogP contribution is -2.13. The van der Waals surface area contributed by atoms with Crippen LogP contribution in [0.3, 0.4) is 0 Å². The van der Waals surface area contributed by atoms with Crippen LogP contribution in [0.2, 0.25) is 0 Å². The molecule has 150 valence electrons. The zero-order chi connectivity index (χ0) is 20.8. The fourth-order valence-corrected chi connectivity index (χ4v) is 2.82. The van der Waals surface area contributed by atoms with E-state index in [2.05, 4.69) is 29.5 Å². The van der Waals surface area contributed by atoms with Gasteiger partial charge in [-0.25, -0.2) is 4.98 Å². The van der Waals surface area contributed by atoms with Crippen molar-refractivity contribution in [2.75, 3.05) is 24.9 Å². The number of nitrogens with one attached hydrogen (secondary N) is 2. The third-order valence-electron chi connectivity index (χ3n) is 4.52. The van der Waals surface area contributed by atoms with Gasteiger partial charge in [0.25, 0.3) is 5.91 Å². The van der Waals surface area contributed by atoms with Gasteiger partial charge in [0.15, 0.2) is 0 Å². The van der Waals surface area contributed by atoms with Crippen LogP contribution in [-0.4, -0.2) is 25.1 Å². The van der Waals surface area contributed by atoms with E-state index in [4.69, 9.17) is 9.47 Å². The molecule has 0 spiro atoms. The molecule has 0 unspecified atom stereocenters. The summed E-state index contributed by atoms with van der Waals surface area (Å²) in [5, 5.41) is 6.10. The minimum absolute atomic E-state index is 0.257. The molecule has 29 heavy (non-hydrogen) atoms. The van der Waals surface area contributed by atoms with Gasteiger partial charge in [-0.05, 0) is 47.9 Å². The first-order valence-electron chi connectivity index (χ1n) is 9.36. The fourth-order valence-electron chi connectivity index (χ4n) is 2.82. The summed E-state index contributed by atoms with van der Waals surface area (Å²) in [5.74, 6) is 1.58. The number of carbonyl (C=O) groups excluding carboxylic acids is 1. The maximum atomic E-state index is 12.5. The van der Waals surface area contributed by atoms with E-state index < -0.39 is 0 Å². The van der Waals surface area contributed by atoms with Gasteiger partial charge >= 0.3 is 0 Å². The van der Waals surface area contributed by atoms with Crippen LogP contribution in [0.1, 0.15) is 35.8 Å². The Morgan fingerprint density at radius 3 is 2.24 bits per heavy atom. The van der Waals surface area contributed by atoms with Gasteiger partial charge in [-0.15, -0.1) is 0 Å². The zero-order valence-corrected chi connectivity index (χ0v) is 17.0. The van der Waals surface area contributed by atoms with Crippen molar-refractivity contribution in [3.05, 3.63) is 72.1 Å². The number of carbonyl (C=O) groups is 1. The van der Waals surface area contributed by atoms with Crippen LogP contribution in [-0.2, 0) is 0 Å². The smallest absolute Gasteiger partial charge is 0.274 e. The molecule has 3 aromatic rings. The molecule has 2 N–H and O–H groups in total. The van der Waals surface area contributed by atoms with Crippen molar-refractivity contribution in [2.24, 2.45) is 0 Å². The number of anilines is 3. The third-order valence-corrected chi connectivity index (χ3v) is 4.52. The standard InChI is InChI=1S/C23H25N3O3/c1-15(2)16-5-7-17(8-6-16)26-23(27)20-11-9-18(14-24-20)25-21-13-19(28-3)10-12-22(21)29-4/h5-15,25H,1-4H3,(H,26,27). The first-order valence-corrected chi connectivity index (χ1v) is 9.36. The molecule has 2 aromatic carbocycles. The average molecular weight is 391 g/mol. The Labute approximate surface area is 170 Å². The predicted molar refractivity (Wildman–Crippen MR) is 116 cm³/mol. The summed E-state index contributed by atoms with van der Waals surface area (Å²) in [6.45, 7) is 4.27. The molecule has 0 aliphatic carbocycles. The molecule has 0 atom stereocenters. The number of amides is 1. The van der Waals surface area contributed by atoms with Gasteiger partial charge in [-0.2, -0.15) is 0 Å². The average Bonchev–Trinajstić information content (AvgIpc) is 2.74. The van der Waals surface area contributed by atoms with E-state index in [1.165, 1.54) is 5.56 Å². The van der Waals surface area contributed by atoms with E-state index >= 15 is 0 Å². The summed E-state index contributed by atoms with van der Waals surface area (Å²) in [6, 6.07) is 16.8.